The summed E-state index contributed by atoms with van der Waals surface area (Å²) in [6, 6.07) is 9.51. The molecule has 4 rings (SSSR count). The van der Waals surface area contributed by atoms with E-state index < -0.39 is 15.8 Å². The summed E-state index contributed by atoms with van der Waals surface area (Å²) < 4.78 is 41.5. The predicted molar refractivity (Wildman–Crippen MR) is 115 cm³/mol. The van der Waals surface area contributed by atoms with E-state index in [0.717, 1.165) is 37.3 Å². The zero-order valence-corrected chi connectivity index (χ0v) is 18.1. The smallest absolute Gasteiger partial charge is 0.243 e. The van der Waals surface area contributed by atoms with Crippen molar-refractivity contribution in [1.82, 2.24) is 4.31 Å². The van der Waals surface area contributed by atoms with Crippen LogP contribution in [0.2, 0.25) is 5.02 Å². The van der Waals surface area contributed by atoms with E-state index in [1.807, 2.05) is 12.1 Å². The number of fused-ring (bicyclic) bond motifs is 1. The zero-order chi connectivity index (χ0) is 21.3. The van der Waals surface area contributed by atoms with Crippen molar-refractivity contribution in [2.45, 2.75) is 43.4 Å². The molecule has 1 aliphatic carbocycles. The third-order valence-electron chi connectivity index (χ3n) is 5.97. The molecule has 0 unspecified atom stereocenters. The minimum atomic E-state index is -3.59. The molecule has 0 radical (unpaired) electrons. The van der Waals surface area contributed by atoms with Crippen molar-refractivity contribution in [1.29, 1.82) is 0 Å². The highest BCUT2D eigenvalue weighted by molar-refractivity contribution is 7.89. The number of hydrogen-bond donors (Lipinski definition) is 1. The summed E-state index contributed by atoms with van der Waals surface area (Å²) >= 11 is 5.74. The van der Waals surface area contributed by atoms with Crippen molar-refractivity contribution in [3.8, 4) is 0 Å². The molecule has 1 aliphatic heterocycles. The highest BCUT2D eigenvalue weighted by Crippen LogP contribution is 2.29. The highest BCUT2D eigenvalue weighted by atomic mass is 35.5. The van der Waals surface area contributed by atoms with Crippen LogP contribution in [-0.2, 0) is 27.7 Å². The van der Waals surface area contributed by atoms with Crippen molar-refractivity contribution >= 4 is 33.2 Å². The van der Waals surface area contributed by atoms with E-state index in [1.165, 1.54) is 22.0 Å². The first kappa shape index (κ1) is 21.3. The van der Waals surface area contributed by atoms with Crippen molar-refractivity contribution in [3.63, 3.8) is 0 Å². The standard InChI is InChI=1S/C22H24ClFN2O3S/c23-18-6-8-21(20(24)14-18)25-22(27)16-9-11-26(12-10-16)30(28,29)19-7-5-15-3-1-2-4-17(15)13-19/h5-8,13-14,16H,1-4,9-12H2,(H,25,27). The van der Waals surface area contributed by atoms with E-state index in [4.69, 9.17) is 11.6 Å². The third-order valence-corrected chi connectivity index (χ3v) is 8.10. The number of carbonyl (C=O) groups is 1. The Balaban J connectivity index is 1.40. The summed E-state index contributed by atoms with van der Waals surface area (Å²) in [5, 5.41) is 2.84. The van der Waals surface area contributed by atoms with Gasteiger partial charge in [-0.3, -0.25) is 4.79 Å². The molecule has 8 heteroatoms. The fourth-order valence-corrected chi connectivity index (χ4v) is 5.88. The van der Waals surface area contributed by atoms with Crippen LogP contribution in [0.3, 0.4) is 0 Å². The lowest BCUT2D eigenvalue weighted by molar-refractivity contribution is -0.120. The molecule has 2 aromatic carbocycles. The molecule has 1 heterocycles. The number of nitrogens with zero attached hydrogens (tertiary/aromatic N) is 1. The number of nitrogens with one attached hydrogen (secondary N) is 1. The number of rotatable bonds is 4. The topological polar surface area (TPSA) is 66.5 Å². The number of piperidine rings is 1. The van der Waals surface area contributed by atoms with Crippen molar-refractivity contribution in [2.75, 3.05) is 18.4 Å². The minimum absolute atomic E-state index is 0.0773. The Hall–Kier alpha value is -1.96. The Bertz CT molecular complexity index is 1070. The lowest BCUT2D eigenvalue weighted by Gasteiger charge is -2.31. The van der Waals surface area contributed by atoms with Gasteiger partial charge < -0.3 is 5.32 Å². The molecule has 0 atom stereocenters. The summed E-state index contributed by atoms with van der Waals surface area (Å²) in [5.74, 6) is -1.26. The summed E-state index contributed by atoms with van der Waals surface area (Å²) in [6.45, 7) is 0.529. The third kappa shape index (κ3) is 4.38. The molecular formula is C22H24ClFN2O3S. The molecule has 0 spiro atoms. The van der Waals surface area contributed by atoms with Gasteiger partial charge in [0.25, 0.3) is 0 Å². The second kappa shape index (κ2) is 8.65. The van der Waals surface area contributed by atoms with Gasteiger partial charge in [-0.25, -0.2) is 12.8 Å². The maximum absolute atomic E-state index is 13.9. The second-order valence-corrected chi connectivity index (χ2v) is 10.3. The molecule has 0 aromatic heterocycles. The van der Waals surface area contributed by atoms with Gasteiger partial charge in [0.2, 0.25) is 15.9 Å². The van der Waals surface area contributed by atoms with Crippen LogP contribution in [0.4, 0.5) is 10.1 Å². The number of sulfonamides is 1. The molecule has 30 heavy (non-hydrogen) atoms. The minimum Gasteiger partial charge on any atom is -0.323 e. The maximum atomic E-state index is 13.9. The van der Waals surface area contributed by atoms with Gasteiger partial charge in [0, 0.05) is 24.0 Å². The van der Waals surface area contributed by atoms with E-state index in [0.29, 0.717) is 17.7 Å². The van der Waals surface area contributed by atoms with E-state index >= 15 is 0 Å². The molecule has 1 N–H and O–H groups in total. The van der Waals surface area contributed by atoms with Crippen molar-refractivity contribution in [2.24, 2.45) is 5.92 Å². The molecular weight excluding hydrogens is 427 g/mol. The molecule has 0 saturated carbocycles. The first-order chi connectivity index (χ1) is 14.3. The lowest BCUT2D eigenvalue weighted by Crippen LogP contribution is -2.41. The maximum Gasteiger partial charge on any atom is 0.243 e. The van der Waals surface area contributed by atoms with Gasteiger partial charge in [-0.2, -0.15) is 4.31 Å². The summed E-state index contributed by atoms with van der Waals surface area (Å²) in [4.78, 5) is 12.8. The average molecular weight is 451 g/mol. The van der Waals surface area contributed by atoms with Crippen LogP contribution in [0, 0.1) is 11.7 Å². The summed E-state index contributed by atoms with van der Waals surface area (Å²) in [6.07, 6.45) is 4.95. The van der Waals surface area contributed by atoms with Crippen LogP contribution in [0.1, 0.15) is 36.8 Å². The van der Waals surface area contributed by atoms with Crippen LogP contribution in [0.15, 0.2) is 41.3 Å². The van der Waals surface area contributed by atoms with Gasteiger partial charge in [-0.15, -0.1) is 0 Å². The Labute approximate surface area is 181 Å². The number of halogens is 2. The highest BCUT2D eigenvalue weighted by Gasteiger charge is 2.32. The average Bonchev–Trinajstić information content (AvgIpc) is 2.75. The summed E-state index contributed by atoms with van der Waals surface area (Å²) in [5.41, 5.74) is 2.44. The second-order valence-electron chi connectivity index (χ2n) is 7.93. The first-order valence-electron chi connectivity index (χ1n) is 10.2. The van der Waals surface area contributed by atoms with Gasteiger partial charge in [-0.1, -0.05) is 17.7 Å². The first-order valence-corrected chi connectivity index (χ1v) is 12.0. The molecule has 2 aromatic rings. The van der Waals surface area contributed by atoms with Gasteiger partial charge >= 0.3 is 0 Å². The number of hydrogen-bond acceptors (Lipinski definition) is 3. The van der Waals surface area contributed by atoms with E-state index in [2.05, 4.69) is 5.32 Å². The van der Waals surface area contributed by atoms with Gasteiger partial charge in [0.1, 0.15) is 5.82 Å². The van der Waals surface area contributed by atoms with Crippen LogP contribution >= 0.6 is 11.6 Å². The normalized spacial score (nSPS) is 18.1. The van der Waals surface area contributed by atoms with Gasteiger partial charge in [-0.05, 0) is 80.0 Å². The monoisotopic (exact) mass is 450 g/mol. The fraction of sp³-hybridized carbons (Fsp3) is 0.409. The van der Waals surface area contributed by atoms with Crippen LogP contribution < -0.4 is 5.32 Å². The van der Waals surface area contributed by atoms with Gasteiger partial charge in [0.05, 0.1) is 10.6 Å². The zero-order valence-electron chi connectivity index (χ0n) is 16.5. The van der Waals surface area contributed by atoms with Gasteiger partial charge in [0.15, 0.2) is 0 Å². The number of benzene rings is 2. The quantitative estimate of drug-likeness (QED) is 0.750. The van der Waals surface area contributed by atoms with Crippen LogP contribution in [0.25, 0.3) is 0 Å². The molecule has 1 fully saturated rings. The number of aryl methyl sites for hydroxylation is 2. The van der Waals surface area contributed by atoms with E-state index in [-0.39, 0.29) is 35.6 Å². The molecule has 160 valence electrons. The van der Waals surface area contributed by atoms with Crippen molar-refractivity contribution < 1.29 is 17.6 Å². The van der Waals surface area contributed by atoms with Crippen LogP contribution in [-0.4, -0.2) is 31.7 Å². The van der Waals surface area contributed by atoms with E-state index in [9.17, 15) is 17.6 Å². The SMILES string of the molecule is O=C(Nc1ccc(Cl)cc1F)C1CCN(S(=O)(=O)c2ccc3c(c2)CCCC3)CC1. The number of anilines is 1. The fourth-order valence-electron chi connectivity index (χ4n) is 4.20. The Morgan fingerprint density at radius 2 is 1.73 bits per heavy atom. The molecule has 5 nitrogen and oxygen atoms in total. The Morgan fingerprint density at radius 1 is 1.03 bits per heavy atom. The predicted octanol–water partition coefficient (Wildman–Crippen LogP) is 4.40. The largest absolute Gasteiger partial charge is 0.323 e. The Kier molecular flexibility index (Phi) is 6.14. The van der Waals surface area contributed by atoms with Crippen molar-refractivity contribution in [3.05, 3.63) is 58.4 Å². The molecule has 1 amide bonds. The molecule has 1 saturated heterocycles. The van der Waals surface area contributed by atoms with E-state index in [1.54, 1.807) is 6.07 Å². The molecule has 0 bridgehead atoms. The summed E-state index contributed by atoms with van der Waals surface area (Å²) in [7, 11) is -3.59. The number of carbonyl (C=O) groups excluding carboxylic acids is 1. The Morgan fingerprint density at radius 3 is 2.43 bits per heavy atom. The number of amides is 1. The van der Waals surface area contributed by atoms with Crippen LogP contribution in [0.5, 0.6) is 0 Å². The molecule has 2 aliphatic rings. The lowest BCUT2D eigenvalue weighted by atomic mass is 9.92.